The van der Waals surface area contributed by atoms with Crippen LogP contribution in [0.1, 0.15) is 35.1 Å². The van der Waals surface area contributed by atoms with E-state index in [4.69, 9.17) is 10.2 Å². The van der Waals surface area contributed by atoms with E-state index in [1.165, 1.54) is 9.13 Å². The largest absolute Gasteiger partial charge is 0.494 e. The molecule has 8 heteroatoms. The molecule has 4 rings (SSSR count). The molecule has 154 valence electrons. The molecule has 0 aliphatic heterocycles. The minimum absolute atomic E-state index is 0.0392. The van der Waals surface area contributed by atoms with Crippen LogP contribution in [0.25, 0.3) is 0 Å². The second kappa shape index (κ2) is 7.25. The quantitative estimate of drug-likeness (QED) is 0.450. The molecule has 2 aliphatic carbocycles. The molecule has 28 heavy (non-hydrogen) atoms. The number of aromatic nitrogens is 2. The highest BCUT2D eigenvalue weighted by molar-refractivity contribution is 5.49. The van der Waals surface area contributed by atoms with Gasteiger partial charge in [-0.1, -0.05) is 0 Å². The van der Waals surface area contributed by atoms with E-state index in [9.17, 15) is 20.4 Å². The van der Waals surface area contributed by atoms with Crippen molar-refractivity contribution >= 4 is 0 Å². The zero-order chi connectivity index (χ0) is 20.0. The Hall–Kier alpha value is -2.32. The molecule has 0 saturated heterocycles. The second-order valence-corrected chi connectivity index (χ2v) is 7.96. The van der Waals surface area contributed by atoms with Gasteiger partial charge in [0.1, 0.15) is 0 Å². The number of aliphatic hydroxyl groups excluding tert-OH is 2. The van der Waals surface area contributed by atoms with Gasteiger partial charge in [0.15, 0.2) is 23.5 Å². The Balaban J connectivity index is 1.57. The third-order valence-corrected chi connectivity index (χ3v) is 6.61. The molecule has 8 nitrogen and oxygen atoms in total. The molecule has 0 radical (unpaired) electrons. The predicted octanol–water partition coefficient (Wildman–Crippen LogP) is 1.01. The molecular weight excluding hydrogens is 364 g/mol. The minimum atomic E-state index is -0.156. The Morgan fingerprint density at radius 2 is 0.964 bits per heavy atom. The summed E-state index contributed by atoms with van der Waals surface area (Å²) in [5.74, 6) is 0.788. The monoisotopic (exact) mass is 392 g/mol. The lowest BCUT2D eigenvalue weighted by Gasteiger charge is -2.33. The van der Waals surface area contributed by atoms with Crippen molar-refractivity contribution < 1.29 is 30.6 Å². The van der Waals surface area contributed by atoms with Crippen molar-refractivity contribution in [1.29, 1.82) is 0 Å². The van der Waals surface area contributed by atoms with Crippen LogP contribution in [0.4, 0.5) is 0 Å². The Bertz CT molecular complexity index is 812. The van der Waals surface area contributed by atoms with Crippen molar-refractivity contribution in [2.24, 2.45) is 11.8 Å². The van der Waals surface area contributed by atoms with Crippen molar-refractivity contribution in [1.82, 2.24) is 9.13 Å². The zero-order valence-corrected chi connectivity index (χ0v) is 15.8. The van der Waals surface area contributed by atoms with Gasteiger partial charge in [-0.05, 0) is 50.4 Å². The highest BCUT2D eigenvalue weighted by Gasteiger charge is 2.36. The standard InChI is InChI=1S/C20H28N2O6/c23-7-5-21-17(25)13-3-1-11(9-15(13)19(21)27)12-2-4-14-16(10-12)20(28)22(6-8-24)18(14)26/h11-12,23-28H,1-10H2. The summed E-state index contributed by atoms with van der Waals surface area (Å²) in [6.45, 7) is 0.00943. The van der Waals surface area contributed by atoms with Crippen molar-refractivity contribution in [2.75, 3.05) is 13.2 Å². The van der Waals surface area contributed by atoms with Gasteiger partial charge in [-0.2, -0.15) is 0 Å². The lowest BCUT2D eigenvalue weighted by molar-refractivity contribution is 0.254. The van der Waals surface area contributed by atoms with Crippen LogP contribution in [0, 0.1) is 11.8 Å². The maximum Gasteiger partial charge on any atom is 0.197 e. The first-order chi connectivity index (χ1) is 13.5. The average Bonchev–Trinajstić information content (AvgIpc) is 3.08. The number of aromatic hydroxyl groups is 4. The van der Waals surface area contributed by atoms with E-state index < -0.39 is 0 Å². The molecule has 6 N–H and O–H groups in total. The lowest BCUT2D eigenvalue weighted by atomic mass is 9.71. The molecule has 2 aliphatic rings. The highest BCUT2D eigenvalue weighted by Crippen LogP contribution is 2.47. The van der Waals surface area contributed by atoms with Crippen molar-refractivity contribution in [2.45, 2.75) is 51.6 Å². The summed E-state index contributed by atoms with van der Waals surface area (Å²) < 4.78 is 2.73. The third-order valence-electron chi connectivity index (χ3n) is 6.61. The van der Waals surface area contributed by atoms with Crippen LogP contribution in [0.15, 0.2) is 0 Å². The summed E-state index contributed by atoms with van der Waals surface area (Å²) in [5, 5.41) is 60.0. The maximum atomic E-state index is 10.5. The van der Waals surface area contributed by atoms with Gasteiger partial charge >= 0.3 is 0 Å². The molecule has 2 heterocycles. The van der Waals surface area contributed by atoms with E-state index in [0.29, 0.717) is 37.5 Å². The van der Waals surface area contributed by atoms with Crippen LogP contribution in [-0.2, 0) is 38.8 Å². The first kappa shape index (κ1) is 19.0. The first-order valence-corrected chi connectivity index (χ1v) is 9.93. The van der Waals surface area contributed by atoms with Crippen LogP contribution in [-0.4, -0.2) is 53.0 Å². The van der Waals surface area contributed by atoms with Gasteiger partial charge < -0.3 is 30.6 Å². The van der Waals surface area contributed by atoms with Crippen LogP contribution < -0.4 is 0 Å². The smallest absolute Gasteiger partial charge is 0.197 e. The van der Waals surface area contributed by atoms with Crippen molar-refractivity contribution in [3.63, 3.8) is 0 Å². The van der Waals surface area contributed by atoms with Gasteiger partial charge in [-0.25, -0.2) is 0 Å². The van der Waals surface area contributed by atoms with Gasteiger partial charge in [-0.15, -0.1) is 0 Å². The van der Waals surface area contributed by atoms with E-state index in [1.54, 1.807) is 0 Å². The maximum absolute atomic E-state index is 10.5. The second-order valence-electron chi connectivity index (χ2n) is 7.96. The topological polar surface area (TPSA) is 131 Å². The molecule has 2 aromatic rings. The molecule has 2 aromatic heterocycles. The van der Waals surface area contributed by atoms with Gasteiger partial charge in [0.2, 0.25) is 0 Å². The molecule has 2 unspecified atom stereocenters. The summed E-state index contributed by atoms with van der Waals surface area (Å²) in [6.07, 6.45) is 4.41. The molecule has 0 saturated carbocycles. The summed E-state index contributed by atoms with van der Waals surface area (Å²) >= 11 is 0. The Morgan fingerprint density at radius 1 is 0.607 bits per heavy atom. The predicted molar refractivity (Wildman–Crippen MR) is 101 cm³/mol. The fraction of sp³-hybridized carbons (Fsp3) is 0.600. The molecule has 2 atom stereocenters. The summed E-state index contributed by atoms with van der Waals surface area (Å²) in [7, 11) is 0. The first-order valence-electron chi connectivity index (χ1n) is 9.93. The zero-order valence-electron chi connectivity index (χ0n) is 15.8. The van der Waals surface area contributed by atoms with E-state index in [1.807, 2.05) is 0 Å². The molecule has 0 fully saturated rings. The van der Waals surface area contributed by atoms with E-state index >= 15 is 0 Å². The van der Waals surface area contributed by atoms with E-state index in [0.717, 1.165) is 35.1 Å². The van der Waals surface area contributed by atoms with Crippen LogP contribution in [0.5, 0.6) is 23.5 Å². The van der Waals surface area contributed by atoms with Crippen LogP contribution in [0.3, 0.4) is 0 Å². The molecule has 0 aromatic carbocycles. The fourth-order valence-corrected chi connectivity index (χ4v) is 5.16. The Morgan fingerprint density at radius 3 is 1.32 bits per heavy atom. The van der Waals surface area contributed by atoms with Crippen LogP contribution in [0.2, 0.25) is 0 Å². The number of aliphatic hydroxyl groups is 2. The number of nitrogens with zero attached hydrogens (tertiary/aromatic N) is 2. The highest BCUT2D eigenvalue weighted by atomic mass is 16.3. The average molecular weight is 392 g/mol. The van der Waals surface area contributed by atoms with Gasteiger partial charge in [0.25, 0.3) is 0 Å². The molecule has 0 amide bonds. The summed E-state index contributed by atoms with van der Waals surface area (Å²) in [5.41, 5.74) is 3.07. The van der Waals surface area contributed by atoms with E-state index in [-0.39, 0.29) is 49.8 Å². The molecule has 0 spiro atoms. The normalized spacial score (nSPS) is 21.5. The van der Waals surface area contributed by atoms with Gasteiger partial charge in [-0.3, -0.25) is 9.13 Å². The van der Waals surface area contributed by atoms with Crippen LogP contribution >= 0.6 is 0 Å². The van der Waals surface area contributed by atoms with Gasteiger partial charge in [0.05, 0.1) is 26.3 Å². The summed E-state index contributed by atoms with van der Waals surface area (Å²) in [4.78, 5) is 0. The Kier molecular flexibility index (Phi) is 4.93. The van der Waals surface area contributed by atoms with Gasteiger partial charge in [0, 0.05) is 22.3 Å². The van der Waals surface area contributed by atoms with Crippen molar-refractivity contribution in [3.05, 3.63) is 22.3 Å². The fourth-order valence-electron chi connectivity index (χ4n) is 5.16. The summed E-state index contributed by atoms with van der Waals surface area (Å²) in [6, 6.07) is 0. The third kappa shape index (κ3) is 2.82. The molecule has 0 bridgehead atoms. The number of fused-ring (bicyclic) bond motifs is 2. The van der Waals surface area contributed by atoms with Crippen molar-refractivity contribution in [3.8, 4) is 23.5 Å². The lowest BCUT2D eigenvalue weighted by Crippen LogP contribution is -2.26. The van der Waals surface area contributed by atoms with E-state index in [2.05, 4.69) is 0 Å². The minimum Gasteiger partial charge on any atom is -0.494 e. The SMILES string of the molecule is OCCn1c(O)c2c(c1O)CC(C1CCc3c(c(O)n(CCO)c3O)C1)CC2. The number of hydrogen-bond donors (Lipinski definition) is 6. The number of hydrogen-bond acceptors (Lipinski definition) is 6. The molecular formula is C20H28N2O6. The Labute approximate surface area is 162 Å². The number of rotatable bonds is 5.